The van der Waals surface area contributed by atoms with Crippen LogP contribution in [0.3, 0.4) is 0 Å². The van der Waals surface area contributed by atoms with Gasteiger partial charge in [-0.3, -0.25) is 10.1 Å². The SMILES string of the molecule is C[C@@H]1CCC[C@@]12NC(=O)NC2=O. The second kappa shape index (κ2) is 2.21. The highest BCUT2D eigenvalue weighted by atomic mass is 16.2. The van der Waals surface area contributed by atoms with Crippen LogP contribution in [-0.4, -0.2) is 17.5 Å². The van der Waals surface area contributed by atoms with Crippen LogP contribution >= 0.6 is 0 Å². The van der Waals surface area contributed by atoms with Crippen molar-refractivity contribution in [3.63, 3.8) is 0 Å². The fourth-order valence-electron chi connectivity index (χ4n) is 2.21. The van der Waals surface area contributed by atoms with Crippen molar-refractivity contribution in [2.45, 2.75) is 31.7 Å². The maximum absolute atomic E-state index is 11.4. The molecule has 3 amide bonds. The second-order valence-electron chi connectivity index (χ2n) is 3.67. The summed E-state index contributed by atoms with van der Waals surface area (Å²) >= 11 is 0. The molecule has 2 atom stereocenters. The Balaban J connectivity index is 2.31. The molecule has 4 heteroatoms. The molecule has 2 aliphatic rings. The van der Waals surface area contributed by atoms with Crippen LogP contribution < -0.4 is 10.6 Å². The summed E-state index contributed by atoms with van der Waals surface area (Å²) in [5.41, 5.74) is -0.572. The molecule has 1 aliphatic heterocycles. The molecule has 0 radical (unpaired) electrons. The molecule has 2 N–H and O–H groups in total. The van der Waals surface area contributed by atoms with Crippen molar-refractivity contribution in [3.8, 4) is 0 Å². The van der Waals surface area contributed by atoms with Gasteiger partial charge in [0.2, 0.25) is 0 Å². The Morgan fingerprint density at radius 1 is 1.50 bits per heavy atom. The molecule has 0 unspecified atom stereocenters. The van der Waals surface area contributed by atoms with Gasteiger partial charge in [0.1, 0.15) is 5.54 Å². The van der Waals surface area contributed by atoms with Gasteiger partial charge in [-0.15, -0.1) is 0 Å². The Morgan fingerprint density at radius 3 is 2.67 bits per heavy atom. The molecule has 1 spiro atoms. The lowest BCUT2D eigenvalue weighted by Gasteiger charge is -2.24. The first-order valence-corrected chi connectivity index (χ1v) is 4.29. The van der Waals surface area contributed by atoms with Crippen LogP contribution in [0.4, 0.5) is 4.79 Å². The van der Waals surface area contributed by atoms with Crippen LogP contribution in [0.2, 0.25) is 0 Å². The first kappa shape index (κ1) is 7.58. The monoisotopic (exact) mass is 168 g/mol. The first-order valence-electron chi connectivity index (χ1n) is 4.29. The topological polar surface area (TPSA) is 58.2 Å². The molecule has 1 saturated heterocycles. The Hall–Kier alpha value is -1.06. The maximum Gasteiger partial charge on any atom is 0.322 e. The van der Waals surface area contributed by atoms with E-state index in [1.807, 2.05) is 6.92 Å². The normalized spacial score (nSPS) is 40.2. The third-order valence-electron chi connectivity index (χ3n) is 3.02. The summed E-state index contributed by atoms with van der Waals surface area (Å²) in [6.07, 6.45) is 2.83. The Kier molecular flexibility index (Phi) is 1.40. The molecule has 66 valence electrons. The van der Waals surface area contributed by atoms with E-state index >= 15 is 0 Å². The summed E-state index contributed by atoms with van der Waals surface area (Å²) < 4.78 is 0. The van der Waals surface area contributed by atoms with Crippen molar-refractivity contribution in [3.05, 3.63) is 0 Å². The van der Waals surface area contributed by atoms with E-state index in [1.165, 1.54) is 0 Å². The number of carbonyl (C=O) groups is 2. The number of hydrogen-bond acceptors (Lipinski definition) is 2. The fourth-order valence-corrected chi connectivity index (χ4v) is 2.21. The van der Waals surface area contributed by atoms with Crippen LogP contribution in [0.5, 0.6) is 0 Å². The Morgan fingerprint density at radius 2 is 2.25 bits per heavy atom. The molecule has 0 bridgehead atoms. The van der Waals surface area contributed by atoms with Crippen LogP contribution in [0, 0.1) is 5.92 Å². The Bertz CT molecular complexity index is 251. The third kappa shape index (κ3) is 0.777. The summed E-state index contributed by atoms with van der Waals surface area (Å²) in [7, 11) is 0. The van der Waals surface area contributed by atoms with Crippen molar-refractivity contribution < 1.29 is 9.59 Å². The number of hydrogen-bond donors (Lipinski definition) is 2. The molecule has 1 aliphatic carbocycles. The van der Waals surface area contributed by atoms with Gasteiger partial charge in [-0.25, -0.2) is 4.79 Å². The van der Waals surface area contributed by atoms with Crippen molar-refractivity contribution in [2.24, 2.45) is 5.92 Å². The molecular weight excluding hydrogens is 156 g/mol. The van der Waals surface area contributed by atoms with Gasteiger partial charge in [0.15, 0.2) is 0 Å². The zero-order chi connectivity index (χ0) is 8.77. The van der Waals surface area contributed by atoms with Crippen LogP contribution in [-0.2, 0) is 4.79 Å². The second-order valence-corrected chi connectivity index (χ2v) is 3.67. The minimum atomic E-state index is -0.572. The van der Waals surface area contributed by atoms with Gasteiger partial charge in [-0.05, 0) is 18.8 Å². The first-order chi connectivity index (χ1) is 5.65. The zero-order valence-corrected chi connectivity index (χ0v) is 7.02. The fraction of sp³-hybridized carbons (Fsp3) is 0.750. The summed E-state index contributed by atoms with van der Waals surface area (Å²) in [6, 6.07) is -0.339. The lowest BCUT2D eigenvalue weighted by molar-refractivity contribution is -0.124. The van der Waals surface area contributed by atoms with Gasteiger partial charge in [0.25, 0.3) is 5.91 Å². The lowest BCUT2D eigenvalue weighted by Crippen LogP contribution is -2.48. The smallest absolute Gasteiger partial charge is 0.322 e. The number of carbonyl (C=O) groups excluding carboxylic acids is 2. The van der Waals surface area contributed by atoms with E-state index < -0.39 is 5.54 Å². The standard InChI is InChI=1S/C8H12N2O2/c1-5-3-2-4-8(5)6(11)9-7(12)10-8/h5H,2-4H2,1H3,(H2,9,10,11,12)/t5-,8-/m1/s1. The average molecular weight is 168 g/mol. The highest BCUT2D eigenvalue weighted by Gasteiger charge is 2.52. The Labute approximate surface area is 70.7 Å². The van der Waals surface area contributed by atoms with E-state index in [-0.39, 0.29) is 17.9 Å². The molecule has 0 aromatic rings. The van der Waals surface area contributed by atoms with Crippen molar-refractivity contribution >= 4 is 11.9 Å². The number of nitrogens with one attached hydrogen (secondary N) is 2. The van der Waals surface area contributed by atoms with Gasteiger partial charge in [-0.2, -0.15) is 0 Å². The largest absolute Gasteiger partial charge is 0.323 e. The molecule has 4 nitrogen and oxygen atoms in total. The minimum absolute atomic E-state index is 0.141. The van der Waals surface area contributed by atoms with Gasteiger partial charge in [0.05, 0.1) is 0 Å². The molecule has 12 heavy (non-hydrogen) atoms. The van der Waals surface area contributed by atoms with E-state index in [4.69, 9.17) is 0 Å². The van der Waals surface area contributed by atoms with Crippen molar-refractivity contribution in [1.82, 2.24) is 10.6 Å². The predicted molar refractivity (Wildman–Crippen MR) is 42.4 cm³/mol. The van der Waals surface area contributed by atoms with Gasteiger partial charge in [0, 0.05) is 0 Å². The highest BCUT2D eigenvalue weighted by Crippen LogP contribution is 2.37. The lowest BCUT2D eigenvalue weighted by atomic mass is 9.89. The summed E-state index contributed by atoms with van der Waals surface area (Å²) in [5, 5.41) is 5.02. The van der Waals surface area contributed by atoms with Gasteiger partial charge < -0.3 is 5.32 Å². The highest BCUT2D eigenvalue weighted by molar-refractivity contribution is 6.07. The predicted octanol–water partition coefficient (Wildman–Crippen LogP) is 0.385. The molecule has 0 aromatic carbocycles. The summed E-state index contributed by atoms with van der Waals surface area (Å²) in [4.78, 5) is 22.3. The number of rotatable bonds is 0. The molecular formula is C8H12N2O2. The maximum atomic E-state index is 11.4. The van der Waals surface area contributed by atoms with E-state index in [0.29, 0.717) is 0 Å². The molecule has 0 aromatic heterocycles. The van der Waals surface area contributed by atoms with Crippen LogP contribution in [0.1, 0.15) is 26.2 Å². The van der Waals surface area contributed by atoms with E-state index in [9.17, 15) is 9.59 Å². The van der Waals surface area contributed by atoms with Crippen molar-refractivity contribution in [2.75, 3.05) is 0 Å². The zero-order valence-electron chi connectivity index (χ0n) is 7.02. The van der Waals surface area contributed by atoms with Gasteiger partial charge >= 0.3 is 6.03 Å². The molecule has 1 saturated carbocycles. The molecule has 2 rings (SSSR count). The third-order valence-corrected chi connectivity index (χ3v) is 3.02. The molecule has 1 heterocycles. The van der Waals surface area contributed by atoms with E-state index in [2.05, 4.69) is 10.6 Å². The average Bonchev–Trinajstić information content (AvgIpc) is 2.44. The van der Waals surface area contributed by atoms with Crippen LogP contribution in [0.25, 0.3) is 0 Å². The number of amides is 3. The van der Waals surface area contributed by atoms with E-state index in [0.717, 1.165) is 19.3 Å². The van der Waals surface area contributed by atoms with Crippen LogP contribution in [0.15, 0.2) is 0 Å². The summed E-state index contributed by atoms with van der Waals surface area (Å²) in [5.74, 6) is 0.126. The van der Waals surface area contributed by atoms with Gasteiger partial charge in [-0.1, -0.05) is 13.3 Å². The number of imide groups is 1. The number of urea groups is 1. The summed E-state index contributed by atoms with van der Waals surface area (Å²) in [6.45, 7) is 2.01. The minimum Gasteiger partial charge on any atom is -0.323 e. The van der Waals surface area contributed by atoms with Crippen molar-refractivity contribution in [1.29, 1.82) is 0 Å². The van der Waals surface area contributed by atoms with E-state index in [1.54, 1.807) is 0 Å². The quantitative estimate of drug-likeness (QED) is 0.514. The molecule has 2 fully saturated rings.